The number of likely N-dealkylation sites (tertiary alicyclic amines) is 1. The third-order valence-corrected chi connectivity index (χ3v) is 3.22. The number of rotatable bonds is 3. The van der Waals surface area contributed by atoms with Crippen molar-refractivity contribution in [2.24, 2.45) is 11.7 Å². The van der Waals surface area contributed by atoms with Crippen LogP contribution in [0, 0.1) is 11.7 Å². The summed E-state index contributed by atoms with van der Waals surface area (Å²) in [5.74, 6) is 0.189. The molecule has 1 fully saturated rings. The number of carbonyl (C=O) groups is 1. The molecule has 4 heteroatoms. The van der Waals surface area contributed by atoms with Crippen molar-refractivity contribution < 1.29 is 9.18 Å². The monoisotopic (exact) mass is 236 g/mol. The minimum absolute atomic E-state index is 0.0616. The Morgan fingerprint density at radius 1 is 1.53 bits per heavy atom. The molecule has 0 radical (unpaired) electrons. The zero-order valence-electron chi connectivity index (χ0n) is 9.73. The number of hydrogen-bond donors (Lipinski definition) is 1. The van der Waals surface area contributed by atoms with Crippen molar-refractivity contribution in [3.63, 3.8) is 0 Å². The van der Waals surface area contributed by atoms with Gasteiger partial charge >= 0.3 is 0 Å². The lowest BCUT2D eigenvalue weighted by molar-refractivity contribution is -0.129. The quantitative estimate of drug-likeness (QED) is 0.856. The fourth-order valence-corrected chi connectivity index (χ4v) is 2.18. The van der Waals surface area contributed by atoms with Gasteiger partial charge < -0.3 is 10.6 Å². The molecule has 0 aromatic heterocycles. The summed E-state index contributed by atoms with van der Waals surface area (Å²) in [4.78, 5) is 13.8. The first-order valence-corrected chi connectivity index (χ1v) is 5.91. The number of hydrogen-bond acceptors (Lipinski definition) is 2. The molecular formula is C13H17FN2O. The Morgan fingerprint density at radius 2 is 2.35 bits per heavy atom. The molecule has 0 spiro atoms. The molecule has 2 rings (SSSR count). The summed E-state index contributed by atoms with van der Waals surface area (Å²) in [7, 11) is 0. The lowest BCUT2D eigenvalue weighted by Gasteiger charge is -2.16. The molecule has 1 unspecified atom stereocenters. The number of halogens is 1. The molecule has 1 aliphatic rings. The third-order valence-electron chi connectivity index (χ3n) is 3.22. The van der Waals surface area contributed by atoms with E-state index in [-0.39, 0.29) is 18.1 Å². The number of carbonyl (C=O) groups excluding carboxylic acids is 1. The summed E-state index contributed by atoms with van der Waals surface area (Å²) in [5.41, 5.74) is 6.31. The topological polar surface area (TPSA) is 46.3 Å². The van der Waals surface area contributed by atoms with Crippen molar-refractivity contribution in [1.82, 2.24) is 4.90 Å². The number of nitrogens with two attached hydrogens (primary N) is 1. The van der Waals surface area contributed by atoms with E-state index in [0.29, 0.717) is 12.5 Å². The Balaban J connectivity index is 1.93. The van der Waals surface area contributed by atoms with Crippen molar-refractivity contribution >= 4 is 5.91 Å². The molecule has 1 aromatic carbocycles. The normalized spacial score (nSPS) is 19.6. The van der Waals surface area contributed by atoms with Gasteiger partial charge in [0.15, 0.2) is 0 Å². The Bertz CT molecular complexity index is 408. The fraction of sp³-hybridized carbons (Fsp3) is 0.462. The smallest absolute Gasteiger partial charge is 0.227 e. The van der Waals surface area contributed by atoms with Gasteiger partial charge in [0.2, 0.25) is 5.91 Å². The molecule has 0 aliphatic carbocycles. The van der Waals surface area contributed by atoms with Crippen LogP contribution >= 0.6 is 0 Å². The Morgan fingerprint density at radius 3 is 3.00 bits per heavy atom. The van der Waals surface area contributed by atoms with Crippen LogP contribution in [0.2, 0.25) is 0 Å². The lowest BCUT2D eigenvalue weighted by atomic mass is 10.1. The van der Waals surface area contributed by atoms with Crippen LogP contribution in [0.15, 0.2) is 24.3 Å². The second-order valence-electron chi connectivity index (χ2n) is 4.54. The maximum atomic E-state index is 13.0. The first-order chi connectivity index (χ1) is 8.19. The number of benzene rings is 1. The molecule has 1 aromatic rings. The Hall–Kier alpha value is -1.42. The predicted octanol–water partition coefficient (Wildman–Crippen LogP) is 1.18. The van der Waals surface area contributed by atoms with Gasteiger partial charge in [-0.15, -0.1) is 0 Å². The minimum atomic E-state index is -0.295. The summed E-state index contributed by atoms with van der Waals surface area (Å²) >= 11 is 0. The van der Waals surface area contributed by atoms with E-state index < -0.39 is 0 Å². The van der Waals surface area contributed by atoms with Gasteiger partial charge in [-0.25, -0.2) is 4.39 Å². The van der Waals surface area contributed by atoms with Gasteiger partial charge in [-0.05, 0) is 36.6 Å². The molecule has 0 bridgehead atoms. The second-order valence-corrected chi connectivity index (χ2v) is 4.54. The average Bonchev–Trinajstić information content (AvgIpc) is 2.77. The van der Waals surface area contributed by atoms with E-state index in [4.69, 9.17) is 5.73 Å². The van der Waals surface area contributed by atoms with Crippen LogP contribution < -0.4 is 5.73 Å². The van der Waals surface area contributed by atoms with Gasteiger partial charge in [-0.2, -0.15) is 0 Å². The van der Waals surface area contributed by atoms with Crippen molar-refractivity contribution in [3.8, 4) is 0 Å². The molecule has 3 nitrogen and oxygen atoms in total. The summed E-state index contributed by atoms with van der Waals surface area (Å²) in [6.07, 6.45) is 1.25. The zero-order chi connectivity index (χ0) is 12.3. The molecule has 92 valence electrons. The van der Waals surface area contributed by atoms with Crippen molar-refractivity contribution in [2.45, 2.75) is 12.8 Å². The molecule has 1 heterocycles. The predicted molar refractivity (Wildman–Crippen MR) is 63.8 cm³/mol. The molecule has 1 amide bonds. The van der Waals surface area contributed by atoms with Crippen LogP contribution in [0.25, 0.3) is 0 Å². The maximum Gasteiger partial charge on any atom is 0.227 e. The molecular weight excluding hydrogens is 219 g/mol. The molecule has 1 atom stereocenters. The first-order valence-electron chi connectivity index (χ1n) is 5.91. The zero-order valence-corrected chi connectivity index (χ0v) is 9.73. The van der Waals surface area contributed by atoms with E-state index in [0.717, 1.165) is 25.1 Å². The summed E-state index contributed by atoms with van der Waals surface area (Å²) in [6, 6.07) is 6.20. The highest BCUT2D eigenvalue weighted by atomic mass is 19.1. The van der Waals surface area contributed by atoms with E-state index in [1.165, 1.54) is 12.1 Å². The van der Waals surface area contributed by atoms with Crippen molar-refractivity contribution in [1.29, 1.82) is 0 Å². The molecule has 1 aliphatic heterocycles. The van der Waals surface area contributed by atoms with Gasteiger partial charge in [0.1, 0.15) is 5.82 Å². The number of amides is 1. The average molecular weight is 236 g/mol. The summed E-state index contributed by atoms with van der Waals surface area (Å²) in [6.45, 7) is 2.14. The highest BCUT2D eigenvalue weighted by molar-refractivity contribution is 5.79. The van der Waals surface area contributed by atoms with E-state index in [9.17, 15) is 9.18 Å². The van der Waals surface area contributed by atoms with Crippen molar-refractivity contribution in [3.05, 3.63) is 35.6 Å². The highest BCUT2D eigenvalue weighted by Gasteiger charge is 2.24. The molecule has 17 heavy (non-hydrogen) atoms. The second kappa shape index (κ2) is 5.27. The van der Waals surface area contributed by atoms with Gasteiger partial charge in [0.25, 0.3) is 0 Å². The van der Waals surface area contributed by atoms with Crippen LogP contribution in [0.4, 0.5) is 4.39 Å². The Labute approximate surface area is 100 Å². The largest absolute Gasteiger partial charge is 0.342 e. The third kappa shape index (κ3) is 3.03. The SMILES string of the molecule is NCC1CCN(C(=O)Cc2cccc(F)c2)C1. The fourth-order valence-electron chi connectivity index (χ4n) is 2.18. The van der Waals surface area contributed by atoms with Gasteiger partial charge in [-0.1, -0.05) is 12.1 Å². The first kappa shape index (κ1) is 12.0. The molecule has 0 saturated carbocycles. The van der Waals surface area contributed by atoms with E-state index in [2.05, 4.69) is 0 Å². The lowest BCUT2D eigenvalue weighted by Crippen LogP contribution is -2.31. The van der Waals surface area contributed by atoms with Crippen LogP contribution in [0.1, 0.15) is 12.0 Å². The van der Waals surface area contributed by atoms with E-state index in [1.807, 2.05) is 4.90 Å². The Kier molecular flexibility index (Phi) is 3.74. The van der Waals surface area contributed by atoms with E-state index in [1.54, 1.807) is 12.1 Å². The van der Waals surface area contributed by atoms with Gasteiger partial charge in [0, 0.05) is 13.1 Å². The van der Waals surface area contributed by atoms with Crippen LogP contribution in [0.5, 0.6) is 0 Å². The van der Waals surface area contributed by atoms with Crippen LogP contribution in [-0.2, 0) is 11.2 Å². The number of nitrogens with zero attached hydrogens (tertiary/aromatic N) is 1. The minimum Gasteiger partial charge on any atom is -0.342 e. The van der Waals surface area contributed by atoms with E-state index >= 15 is 0 Å². The van der Waals surface area contributed by atoms with Crippen molar-refractivity contribution in [2.75, 3.05) is 19.6 Å². The standard InChI is InChI=1S/C13H17FN2O/c14-12-3-1-2-10(6-12)7-13(17)16-5-4-11(8-15)9-16/h1-3,6,11H,4-5,7-9,15H2. The van der Waals surface area contributed by atoms with Crippen LogP contribution in [0.3, 0.4) is 0 Å². The van der Waals surface area contributed by atoms with Gasteiger partial charge in [0.05, 0.1) is 6.42 Å². The highest BCUT2D eigenvalue weighted by Crippen LogP contribution is 2.16. The summed E-state index contributed by atoms with van der Waals surface area (Å²) < 4.78 is 13.0. The molecule has 2 N–H and O–H groups in total. The molecule has 1 saturated heterocycles. The summed E-state index contributed by atoms with van der Waals surface area (Å²) in [5, 5.41) is 0. The maximum absolute atomic E-state index is 13.0. The van der Waals surface area contributed by atoms with Crippen LogP contribution in [-0.4, -0.2) is 30.4 Å². The van der Waals surface area contributed by atoms with Gasteiger partial charge in [-0.3, -0.25) is 4.79 Å².